The fraction of sp³-hybridized carbons (Fsp3) is 0.500. The molecule has 3 heterocycles. The molecule has 0 spiro atoms. The van der Waals surface area contributed by atoms with E-state index < -0.39 is 0 Å². The van der Waals surface area contributed by atoms with Crippen LogP contribution in [0.2, 0.25) is 0 Å². The predicted molar refractivity (Wildman–Crippen MR) is 101 cm³/mol. The zero-order valence-electron chi connectivity index (χ0n) is 15.9. The Hall–Kier alpha value is -2.97. The summed E-state index contributed by atoms with van der Waals surface area (Å²) < 4.78 is 3.32. The van der Waals surface area contributed by atoms with Gasteiger partial charge in [-0.3, -0.25) is 9.48 Å². The summed E-state index contributed by atoms with van der Waals surface area (Å²) in [5.74, 6) is 1.73. The minimum absolute atomic E-state index is 0.114. The summed E-state index contributed by atoms with van der Waals surface area (Å²) in [6.45, 7) is 3.75. The molecule has 1 amide bonds. The molecule has 0 aliphatic heterocycles. The molecule has 0 aromatic carbocycles. The lowest BCUT2D eigenvalue weighted by Gasteiger charge is -2.10. The standard InChI is InChI=1S/C18H24N8O/c1-10-13(11(2)26-18(20-10)22-17(19)24-26)8-16(27)21-15-9-14(23-25(15)3)12-6-4-5-7-12/h9,12H,4-8H2,1-3H3,(H2,19,24)(H,21,27). The third-order valence-corrected chi connectivity index (χ3v) is 5.34. The molecule has 1 aliphatic carbocycles. The first kappa shape index (κ1) is 17.4. The molecule has 0 unspecified atom stereocenters. The van der Waals surface area contributed by atoms with Gasteiger partial charge < -0.3 is 11.1 Å². The second-order valence-electron chi connectivity index (χ2n) is 7.23. The quantitative estimate of drug-likeness (QED) is 0.726. The molecule has 3 N–H and O–H groups in total. The van der Waals surface area contributed by atoms with Gasteiger partial charge in [0, 0.05) is 36.0 Å². The van der Waals surface area contributed by atoms with E-state index in [1.807, 2.05) is 27.0 Å². The zero-order valence-corrected chi connectivity index (χ0v) is 15.9. The maximum atomic E-state index is 12.7. The van der Waals surface area contributed by atoms with Crippen LogP contribution in [-0.2, 0) is 18.3 Å². The number of anilines is 2. The summed E-state index contributed by atoms with van der Waals surface area (Å²) in [6.07, 6.45) is 5.06. The van der Waals surface area contributed by atoms with Crippen LogP contribution >= 0.6 is 0 Å². The average Bonchev–Trinajstić information content (AvgIpc) is 3.32. The second kappa shape index (κ2) is 6.64. The number of nitrogens with one attached hydrogen (secondary N) is 1. The molecule has 3 aromatic heterocycles. The summed E-state index contributed by atoms with van der Waals surface area (Å²) in [7, 11) is 1.86. The summed E-state index contributed by atoms with van der Waals surface area (Å²) in [5, 5.41) is 11.7. The lowest BCUT2D eigenvalue weighted by Crippen LogP contribution is -2.19. The van der Waals surface area contributed by atoms with Gasteiger partial charge in [0.15, 0.2) is 0 Å². The highest BCUT2D eigenvalue weighted by Gasteiger charge is 2.22. The van der Waals surface area contributed by atoms with Crippen molar-refractivity contribution >= 4 is 23.5 Å². The van der Waals surface area contributed by atoms with Crippen molar-refractivity contribution < 1.29 is 4.79 Å². The van der Waals surface area contributed by atoms with Gasteiger partial charge in [0.25, 0.3) is 5.78 Å². The molecule has 27 heavy (non-hydrogen) atoms. The molecule has 9 heteroatoms. The van der Waals surface area contributed by atoms with E-state index in [-0.39, 0.29) is 18.3 Å². The molecule has 4 rings (SSSR count). The van der Waals surface area contributed by atoms with Crippen molar-refractivity contribution in [2.24, 2.45) is 7.05 Å². The number of nitrogen functional groups attached to an aromatic ring is 1. The monoisotopic (exact) mass is 368 g/mol. The van der Waals surface area contributed by atoms with Crippen LogP contribution in [-0.4, -0.2) is 35.3 Å². The molecule has 0 atom stereocenters. The third-order valence-electron chi connectivity index (χ3n) is 5.34. The molecule has 0 bridgehead atoms. The Balaban J connectivity index is 1.54. The van der Waals surface area contributed by atoms with Crippen molar-refractivity contribution in [3.8, 4) is 0 Å². The number of rotatable bonds is 4. The van der Waals surface area contributed by atoms with Crippen molar-refractivity contribution in [1.29, 1.82) is 0 Å². The van der Waals surface area contributed by atoms with Crippen molar-refractivity contribution in [1.82, 2.24) is 29.4 Å². The van der Waals surface area contributed by atoms with E-state index in [0.717, 1.165) is 28.5 Å². The number of nitrogens with two attached hydrogens (primary N) is 1. The van der Waals surface area contributed by atoms with Crippen LogP contribution in [0.25, 0.3) is 5.78 Å². The minimum Gasteiger partial charge on any atom is -0.366 e. The topological polar surface area (TPSA) is 116 Å². The Kier molecular flexibility index (Phi) is 4.29. The maximum absolute atomic E-state index is 12.7. The van der Waals surface area contributed by atoms with Gasteiger partial charge in [0.2, 0.25) is 11.9 Å². The van der Waals surface area contributed by atoms with Crippen LogP contribution < -0.4 is 11.1 Å². The Morgan fingerprint density at radius 1 is 1.26 bits per heavy atom. The van der Waals surface area contributed by atoms with Crippen molar-refractivity contribution in [2.75, 3.05) is 11.1 Å². The highest BCUT2D eigenvalue weighted by molar-refractivity contribution is 5.91. The first-order valence-corrected chi connectivity index (χ1v) is 9.24. The summed E-state index contributed by atoms with van der Waals surface area (Å²) >= 11 is 0. The van der Waals surface area contributed by atoms with E-state index in [9.17, 15) is 4.79 Å². The van der Waals surface area contributed by atoms with Crippen molar-refractivity contribution in [3.05, 3.63) is 28.7 Å². The first-order chi connectivity index (χ1) is 12.9. The van der Waals surface area contributed by atoms with Crippen LogP contribution in [0.3, 0.4) is 0 Å². The van der Waals surface area contributed by atoms with Crippen molar-refractivity contribution in [3.63, 3.8) is 0 Å². The molecular formula is C18H24N8O. The zero-order chi connectivity index (χ0) is 19.1. The Bertz CT molecular complexity index is 1010. The number of nitrogens with zero attached hydrogens (tertiary/aromatic N) is 6. The Labute approximate surface area is 157 Å². The lowest BCUT2D eigenvalue weighted by atomic mass is 10.0. The Morgan fingerprint density at radius 3 is 2.74 bits per heavy atom. The molecular weight excluding hydrogens is 344 g/mol. The molecule has 0 saturated heterocycles. The maximum Gasteiger partial charge on any atom is 0.254 e. The number of carbonyl (C=O) groups is 1. The van der Waals surface area contributed by atoms with Crippen molar-refractivity contribution in [2.45, 2.75) is 51.9 Å². The van der Waals surface area contributed by atoms with E-state index in [1.54, 1.807) is 9.20 Å². The predicted octanol–water partition coefficient (Wildman–Crippen LogP) is 1.90. The number of fused-ring (bicyclic) bond motifs is 1. The van der Waals surface area contributed by atoms with E-state index in [1.165, 1.54) is 25.7 Å². The molecule has 1 saturated carbocycles. The van der Waals surface area contributed by atoms with Gasteiger partial charge in [0.1, 0.15) is 5.82 Å². The molecule has 9 nitrogen and oxygen atoms in total. The van der Waals surface area contributed by atoms with E-state index >= 15 is 0 Å². The van der Waals surface area contributed by atoms with Crippen LogP contribution in [0.15, 0.2) is 6.07 Å². The summed E-state index contributed by atoms with van der Waals surface area (Å²) in [6, 6.07) is 1.99. The fourth-order valence-corrected chi connectivity index (χ4v) is 3.85. The second-order valence-corrected chi connectivity index (χ2v) is 7.23. The Morgan fingerprint density at radius 2 is 2.00 bits per heavy atom. The SMILES string of the molecule is Cc1nc2nc(N)nn2c(C)c1CC(=O)Nc1cc(C2CCCC2)nn1C. The molecule has 1 aliphatic rings. The number of carbonyl (C=O) groups excluding carboxylic acids is 1. The van der Waals surface area contributed by atoms with Crippen LogP contribution in [0, 0.1) is 13.8 Å². The van der Waals surface area contributed by atoms with E-state index in [0.29, 0.717) is 11.7 Å². The number of aryl methyl sites for hydroxylation is 3. The largest absolute Gasteiger partial charge is 0.366 e. The van der Waals surface area contributed by atoms with Gasteiger partial charge in [-0.05, 0) is 26.7 Å². The van der Waals surface area contributed by atoms with Crippen LogP contribution in [0.1, 0.15) is 54.2 Å². The van der Waals surface area contributed by atoms with Gasteiger partial charge in [-0.2, -0.15) is 14.6 Å². The van der Waals surface area contributed by atoms with Gasteiger partial charge in [-0.25, -0.2) is 4.98 Å². The summed E-state index contributed by atoms with van der Waals surface area (Å²) in [5.41, 5.74) is 9.11. The molecule has 0 radical (unpaired) electrons. The highest BCUT2D eigenvalue weighted by Crippen LogP contribution is 2.34. The van der Waals surface area contributed by atoms with E-state index in [4.69, 9.17) is 5.73 Å². The van der Waals surface area contributed by atoms with E-state index in [2.05, 4.69) is 25.5 Å². The smallest absolute Gasteiger partial charge is 0.254 e. The third kappa shape index (κ3) is 3.24. The normalized spacial score (nSPS) is 14.9. The lowest BCUT2D eigenvalue weighted by molar-refractivity contribution is -0.115. The van der Waals surface area contributed by atoms with Gasteiger partial charge in [-0.15, -0.1) is 5.10 Å². The van der Waals surface area contributed by atoms with Gasteiger partial charge in [0.05, 0.1) is 12.1 Å². The fourth-order valence-electron chi connectivity index (χ4n) is 3.85. The molecule has 1 fully saturated rings. The minimum atomic E-state index is -0.114. The average molecular weight is 368 g/mol. The number of amides is 1. The van der Waals surface area contributed by atoms with Crippen LogP contribution in [0.5, 0.6) is 0 Å². The highest BCUT2D eigenvalue weighted by atomic mass is 16.1. The number of hydrogen-bond acceptors (Lipinski definition) is 6. The van der Waals surface area contributed by atoms with Gasteiger partial charge >= 0.3 is 0 Å². The number of aromatic nitrogens is 6. The first-order valence-electron chi connectivity index (χ1n) is 9.24. The molecule has 142 valence electrons. The molecule has 3 aromatic rings. The van der Waals surface area contributed by atoms with Crippen LogP contribution in [0.4, 0.5) is 11.8 Å². The van der Waals surface area contributed by atoms with Gasteiger partial charge in [-0.1, -0.05) is 12.8 Å². The number of hydrogen-bond donors (Lipinski definition) is 2. The summed E-state index contributed by atoms with van der Waals surface area (Å²) in [4.78, 5) is 21.1.